The molecule has 2 aromatic carbocycles. The van der Waals surface area contributed by atoms with Gasteiger partial charge in [-0.05, 0) is 30.5 Å². The van der Waals surface area contributed by atoms with Crippen molar-refractivity contribution in [3.63, 3.8) is 0 Å². The summed E-state index contributed by atoms with van der Waals surface area (Å²) in [6, 6.07) is 17.9. The van der Waals surface area contributed by atoms with E-state index in [1.165, 1.54) is 22.2 Å². The molecule has 0 aliphatic carbocycles. The van der Waals surface area contributed by atoms with Crippen LogP contribution >= 0.6 is 11.8 Å². The summed E-state index contributed by atoms with van der Waals surface area (Å²) in [6.45, 7) is 1.16. The fourth-order valence-electron chi connectivity index (χ4n) is 3.63. The van der Waals surface area contributed by atoms with Gasteiger partial charge in [0.2, 0.25) is 11.8 Å². The average Bonchev–Trinajstić information content (AvgIpc) is 3.42. The summed E-state index contributed by atoms with van der Waals surface area (Å²) in [4.78, 5) is 25.7. The van der Waals surface area contributed by atoms with E-state index in [4.69, 9.17) is 4.74 Å². The minimum atomic E-state index is -0.177. The van der Waals surface area contributed by atoms with Gasteiger partial charge in [0.25, 0.3) is 0 Å². The number of aryl methyl sites for hydroxylation is 1. The first kappa shape index (κ1) is 21.1. The van der Waals surface area contributed by atoms with E-state index >= 15 is 0 Å². The molecule has 7 nitrogen and oxygen atoms in total. The molecule has 2 heterocycles. The zero-order chi connectivity index (χ0) is 21.6. The molecular formula is C23H24N4O3S. The fourth-order valence-corrected chi connectivity index (χ4v) is 4.47. The summed E-state index contributed by atoms with van der Waals surface area (Å²) in [5.41, 5.74) is 2.05. The predicted molar refractivity (Wildman–Crippen MR) is 119 cm³/mol. The Morgan fingerprint density at radius 2 is 1.87 bits per heavy atom. The Bertz CT molecular complexity index is 1070. The first-order valence-electron chi connectivity index (χ1n) is 10.2. The van der Waals surface area contributed by atoms with Crippen LogP contribution < -0.4 is 4.74 Å². The molecule has 0 N–H and O–H groups in total. The van der Waals surface area contributed by atoms with Crippen molar-refractivity contribution < 1.29 is 14.3 Å². The summed E-state index contributed by atoms with van der Waals surface area (Å²) < 4.78 is 7.54. The molecule has 1 aromatic heterocycles. The largest absolute Gasteiger partial charge is 0.496 e. The maximum Gasteiger partial charge on any atom is 0.239 e. The third-order valence-corrected chi connectivity index (χ3v) is 6.18. The fraction of sp³-hybridized carbons (Fsp3) is 0.304. The Kier molecular flexibility index (Phi) is 6.66. The van der Waals surface area contributed by atoms with Crippen molar-refractivity contribution >= 4 is 23.6 Å². The summed E-state index contributed by atoms with van der Waals surface area (Å²) in [5, 5.41) is 9.43. The van der Waals surface area contributed by atoms with E-state index in [9.17, 15) is 9.59 Å². The summed E-state index contributed by atoms with van der Waals surface area (Å²) in [7, 11) is 1.63. The molecule has 0 spiro atoms. The van der Waals surface area contributed by atoms with Gasteiger partial charge in [-0.3, -0.25) is 14.5 Å². The number of carbonyl (C=O) groups excluding carboxylic acids is 2. The molecule has 1 saturated heterocycles. The monoisotopic (exact) mass is 436 g/mol. The van der Waals surface area contributed by atoms with Crippen molar-refractivity contribution in [3.8, 4) is 17.1 Å². The number of thioether (sulfide) groups is 1. The molecule has 0 unspecified atom stereocenters. The highest BCUT2D eigenvalue weighted by Gasteiger charge is 2.27. The van der Waals surface area contributed by atoms with Gasteiger partial charge < -0.3 is 9.30 Å². The van der Waals surface area contributed by atoms with Gasteiger partial charge in [-0.25, -0.2) is 0 Å². The Morgan fingerprint density at radius 1 is 1.10 bits per heavy atom. The smallest absolute Gasteiger partial charge is 0.239 e. The number of nitrogens with zero attached hydrogens (tertiary/aromatic N) is 4. The van der Waals surface area contributed by atoms with Crippen LogP contribution in [0.1, 0.15) is 18.4 Å². The van der Waals surface area contributed by atoms with Crippen molar-refractivity contribution in [3.05, 3.63) is 60.2 Å². The number of imide groups is 1. The van der Waals surface area contributed by atoms with E-state index in [1.54, 1.807) is 7.11 Å². The predicted octanol–water partition coefficient (Wildman–Crippen LogP) is 3.44. The van der Waals surface area contributed by atoms with Gasteiger partial charge >= 0.3 is 0 Å². The van der Waals surface area contributed by atoms with Crippen molar-refractivity contribution in [2.45, 2.75) is 31.0 Å². The van der Waals surface area contributed by atoms with Crippen LogP contribution in [0.2, 0.25) is 0 Å². The number of likely N-dealkylation sites (tertiary alicyclic amines) is 1. The molecule has 8 heteroatoms. The summed E-state index contributed by atoms with van der Waals surface area (Å²) >= 11 is 1.31. The lowest BCUT2D eigenvalue weighted by Gasteiger charge is -2.14. The molecule has 1 fully saturated rings. The second-order valence-corrected chi connectivity index (χ2v) is 8.17. The number of hydrogen-bond acceptors (Lipinski definition) is 6. The van der Waals surface area contributed by atoms with Crippen molar-refractivity contribution in [2.24, 2.45) is 0 Å². The van der Waals surface area contributed by atoms with E-state index in [1.807, 2.05) is 47.0 Å². The third kappa shape index (κ3) is 4.80. The number of methoxy groups -OCH3 is 1. The van der Waals surface area contributed by atoms with Crippen LogP contribution in [0.5, 0.6) is 5.75 Å². The van der Waals surface area contributed by atoms with Crippen LogP contribution in [0.4, 0.5) is 0 Å². The maximum atomic E-state index is 12.5. The highest BCUT2D eigenvalue weighted by atomic mass is 32.2. The quantitative estimate of drug-likeness (QED) is 0.504. The SMILES string of the molecule is COc1ccccc1-c1nnc(SCC(=O)N2CCCC2=O)n1CCc1ccccc1. The van der Waals surface area contributed by atoms with Crippen LogP contribution in [-0.2, 0) is 22.6 Å². The lowest BCUT2D eigenvalue weighted by molar-refractivity contribution is -0.140. The number of rotatable bonds is 8. The number of aromatic nitrogens is 3. The molecule has 160 valence electrons. The number of para-hydroxylation sites is 1. The van der Waals surface area contributed by atoms with E-state index in [2.05, 4.69) is 22.3 Å². The topological polar surface area (TPSA) is 77.3 Å². The highest BCUT2D eigenvalue weighted by Crippen LogP contribution is 2.31. The van der Waals surface area contributed by atoms with Gasteiger partial charge in [0, 0.05) is 19.5 Å². The molecule has 2 amide bonds. The summed E-state index contributed by atoms with van der Waals surface area (Å²) in [5.74, 6) is 1.29. The van der Waals surface area contributed by atoms with Crippen molar-refractivity contribution in [1.82, 2.24) is 19.7 Å². The van der Waals surface area contributed by atoms with Crippen molar-refractivity contribution in [1.29, 1.82) is 0 Å². The Hall–Kier alpha value is -3.13. The van der Waals surface area contributed by atoms with Crippen LogP contribution in [0, 0.1) is 0 Å². The Morgan fingerprint density at radius 3 is 2.61 bits per heavy atom. The van der Waals surface area contributed by atoms with Gasteiger partial charge in [0.1, 0.15) is 5.75 Å². The van der Waals surface area contributed by atoms with Gasteiger partial charge in [0.15, 0.2) is 11.0 Å². The van der Waals surface area contributed by atoms with Crippen molar-refractivity contribution in [2.75, 3.05) is 19.4 Å². The lowest BCUT2D eigenvalue weighted by atomic mass is 10.1. The number of carbonyl (C=O) groups is 2. The van der Waals surface area contributed by atoms with Gasteiger partial charge in [0.05, 0.1) is 18.4 Å². The van der Waals surface area contributed by atoms with Crippen LogP contribution in [-0.4, -0.2) is 50.9 Å². The van der Waals surface area contributed by atoms with Gasteiger partial charge in [-0.15, -0.1) is 10.2 Å². The van der Waals surface area contributed by atoms with Gasteiger partial charge in [-0.1, -0.05) is 54.2 Å². The first-order chi connectivity index (χ1) is 15.2. The Labute approximate surface area is 185 Å². The maximum absolute atomic E-state index is 12.5. The standard InChI is InChI=1S/C23H24N4O3S/c1-30-19-11-6-5-10-18(19)22-24-25-23(27(22)15-13-17-8-3-2-4-9-17)31-16-21(29)26-14-7-12-20(26)28/h2-6,8-11H,7,12-16H2,1H3. The minimum absolute atomic E-state index is 0.0918. The molecule has 0 bridgehead atoms. The molecule has 4 rings (SSSR count). The molecule has 0 atom stereocenters. The molecule has 3 aromatic rings. The second-order valence-electron chi connectivity index (χ2n) is 7.23. The molecular weight excluding hydrogens is 412 g/mol. The number of ether oxygens (including phenoxy) is 1. The second kappa shape index (κ2) is 9.78. The number of amides is 2. The molecule has 1 aliphatic rings. The van der Waals surface area contributed by atoms with Crippen LogP contribution in [0.15, 0.2) is 59.8 Å². The highest BCUT2D eigenvalue weighted by molar-refractivity contribution is 7.99. The van der Waals surface area contributed by atoms with E-state index < -0.39 is 0 Å². The van der Waals surface area contributed by atoms with Crippen LogP contribution in [0.3, 0.4) is 0 Å². The minimum Gasteiger partial charge on any atom is -0.496 e. The van der Waals surface area contributed by atoms with E-state index in [0.717, 1.165) is 18.4 Å². The Balaban J connectivity index is 1.59. The molecule has 0 radical (unpaired) electrons. The normalized spacial score (nSPS) is 13.6. The molecule has 31 heavy (non-hydrogen) atoms. The molecule has 0 saturated carbocycles. The lowest BCUT2D eigenvalue weighted by Crippen LogP contribution is -2.33. The third-order valence-electron chi connectivity index (χ3n) is 5.23. The number of benzene rings is 2. The average molecular weight is 437 g/mol. The van der Waals surface area contributed by atoms with E-state index in [-0.39, 0.29) is 17.6 Å². The first-order valence-corrected chi connectivity index (χ1v) is 11.2. The molecule has 1 aliphatic heterocycles. The number of hydrogen-bond donors (Lipinski definition) is 0. The summed E-state index contributed by atoms with van der Waals surface area (Å²) in [6.07, 6.45) is 1.98. The van der Waals surface area contributed by atoms with Crippen LogP contribution in [0.25, 0.3) is 11.4 Å². The zero-order valence-corrected chi connectivity index (χ0v) is 18.2. The van der Waals surface area contributed by atoms with E-state index in [0.29, 0.717) is 36.2 Å². The zero-order valence-electron chi connectivity index (χ0n) is 17.4. The van der Waals surface area contributed by atoms with Gasteiger partial charge in [-0.2, -0.15) is 0 Å².